The molecule has 6 nitrogen and oxygen atoms in total. The molecule has 0 aliphatic carbocycles. The van der Waals surface area contributed by atoms with Crippen LogP contribution in [0.2, 0.25) is 0 Å². The second-order valence-corrected chi connectivity index (χ2v) is 7.40. The molecule has 0 spiro atoms. The summed E-state index contributed by atoms with van der Waals surface area (Å²) in [5, 5.41) is 2.48. The Morgan fingerprint density at radius 2 is 2.14 bits per heavy atom. The Morgan fingerprint density at radius 3 is 3.00 bits per heavy atom. The Labute approximate surface area is 164 Å². The van der Waals surface area contributed by atoms with Crippen LogP contribution in [0.1, 0.15) is 24.7 Å². The van der Waals surface area contributed by atoms with Crippen molar-refractivity contribution in [1.29, 1.82) is 0 Å². The number of aromatic amines is 1. The zero-order valence-electron chi connectivity index (χ0n) is 16.9. The maximum Gasteiger partial charge on any atom is 0.177 e. The van der Waals surface area contributed by atoms with Crippen molar-refractivity contribution in [2.45, 2.75) is 26.7 Å². The van der Waals surface area contributed by atoms with Crippen molar-refractivity contribution in [2.24, 2.45) is 12.0 Å². The second kappa shape index (κ2) is 7.46. The van der Waals surface area contributed by atoms with Crippen LogP contribution in [-0.4, -0.2) is 44.2 Å². The maximum atomic E-state index is 4.73. The monoisotopic (exact) mass is 374 g/mol. The van der Waals surface area contributed by atoms with Gasteiger partial charge in [-0.1, -0.05) is 12.2 Å². The van der Waals surface area contributed by atoms with E-state index in [2.05, 4.69) is 75.9 Å². The molecule has 1 N–H and O–H groups in total. The Balaban J connectivity index is 1.49. The third kappa shape index (κ3) is 3.50. The molecule has 0 unspecified atom stereocenters. The third-order valence-electron chi connectivity index (χ3n) is 5.10. The van der Waals surface area contributed by atoms with Gasteiger partial charge in [-0.25, -0.2) is 15.0 Å². The predicted molar refractivity (Wildman–Crippen MR) is 114 cm³/mol. The first kappa shape index (κ1) is 18.2. The number of aromatic nitrogens is 4. The average molecular weight is 374 g/mol. The minimum absolute atomic E-state index is 0.776. The van der Waals surface area contributed by atoms with Crippen LogP contribution in [0.3, 0.4) is 0 Å². The number of imidazole rings is 1. The van der Waals surface area contributed by atoms with E-state index in [0.717, 1.165) is 42.2 Å². The molecule has 1 aliphatic heterocycles. The van der Waals surface area contributed by atoms with Crippen molar-refractivity contribution in [3.05, 3.63) is 58.6 Å². The number of nitrogens with zero attached hydrogens (tertiary/aromatic N) is 5. The molecule has 0 aromatic carbocycles. The topological polar surface area (TPSA) is 62.1 Å². The van der Waals surface area contributed by atoms with Crippen LogP contribution in [0.25, 0.3) is 22.6 Å². The van der Waals surface area contributed by atoms with Crippen LogP contribution in [0, 0.1) is 6.92 Å². The van der Waals surface area contributed by atoms with Crippen molar-refractivity contribution < 1.29 is 0 Å². The third-order valence-corrected chi connectivity index (χ3v) is 5.10. The Kier molecular flexibility index (Phi) is 4.86. The van der Waals surface area contributed by atoms with Gasteiger partial charge in [0.25, 0.3) is 0 Å². The van der Waals surface area contributed by atoms with E-state index < -0.39 is 0 Å². The number of allylic oxidation sites excluding steroid dienone is 1. The van der Waals surface area contributed by atoms with E-state index in [1.54, 1.807) is 0 Å². The number of hydrogen-bond donors (Lipinski definition) is 1. The van der Waals surface area contributed by atoms with Gasteiger partial charge in [-0.05, 0) is 43.5 Å². The molecule has 4 rings (SSSR count). The minimum atomic E-state index is 0.776. The van der Waals surface area contributed by atoms with Gasteiger partial charge in [-0.15, -0.1) is 0 Å². The molecule has 0 bridgehead atoms. The van der Waals surface area contributed by atoms with Gasteiger partial charge in [-0.2, -0.15) is 0 Å². The molecule has 144 valence electrons. The lowest BCUT2D eigenvalue weighted by Gasteiger charge is -2.17. The summed E-state index contributed by atoms with van der Waals surface area (Å²) in [6.07, 6.45) is 12.1. The molecule has 3 aromatic heterocycles. The van der Waals surface area contributed by atoms with Gasteiger partial charge >= 0.3 is 0 Å². The summed E-state index contributed by atoms with van der Waals surface area (Å²) in [7, 11) is 4.19. The molecule has 0 atom stereocenters. The first-order valence-corrected chi connectivity index (χ1v) is 9.58. The highest BCUT2D eigenvalue weighted by molar-refractivity contribution is 5.75. The van der Waals surface area contributed by atoms with Crippen molar-refractivity contribution in [1.82, 2.24) is 24.4 Å². The molecular formula is C22H26N6. The molecule has 0 fully saturated rings. The first-order valence-electron chi connectivity index (χ1n) is 9.58. The summed E-state index contributed by atoms with van der Waals surface area (Å²) in [4.78, 5) is 18.9. The normalized spacial score (nSPS) is 14.1. The molecule has 1 aliphatic rings. The van der Waals surface area contributed by atoms with Crippen molar-refractivity contribution in [3.63, 3.8) is 0 Å². The SMILES string of the molecule is CC1=c2c(ccn2C)=C(N(C)CC=CCc2cnc3nc(C)[nH]c3c2)N=CC1. The van der Waals surface area contributed by atoms with Crippen LogP contribution >= 0.6 is 0 Å². The van der Waals surface area contributed by atoms with Gasteiger partial charge in [-0.3, -0.25) is 0 Å². The zero-order chi connectivity index (χ0) is 19.7. The summed E-state index contributed by atoms with van der Waals surface area (Å²) in [5.74, 6) is 1.92. The summed E-state index contributed by atoms with van der Waals surface area (Å²) in [6.45, 7) is 4.93. The van der Waals surface area contributed by atoms with Crippen molar-refractivity contribution in [3.8, 4) is 0 Å². The standard InChI is InChI=1S/C22H26N6/c1-15-8-10-23-22(18-9-12-27(3)20(15)18)28(4)11-6-5-7-17-13-19-21(24-14-17)26-16(2)25-19/h5-6,9-10,12-14H,7-8,11H2,1-4H3,(H,24,25,26). The van der Waals surface area contributed by atoms with Crippen molar-refractivity contribution in [2.75, 3.05) is 13.6 Å². The molecule has 0 saturated heterocycles. The molecule has 4 heterocycles. The molecule has 0 saturated carbocycles. The number of aryl methyl sites for hydroxylation is 2. The first-order chi connectivity index (χ1) is 13.5. The Bertz CT molecular complexity index is 1190. The largest absolute Gasteiger partial charge is 0.355 e. The van der Waals surface area contributed by atoms with Gasteiger partial charge in [0.15, 0.2) is 5.65 Å². The van der Waals surface area contributed by atoms with Gasteiger partial charge in [0.2, 0.25) is 0 Å². The number of aliphatic imine (C=N–C) groups is 1. The second-order valence-electron chi connectivity index (χ2n) is 7.40. The Morgan fingerprint density at radius 1 is 1.29 bits per heavy atom. The fourth-order valence-electron chi connectivity index (χ4n) is 3.69. The highest BCUT2D eigenvalue weighted by atomic mass is 15.2. The number of likely N-dealkylation sites (N-methyl/N-ethyl adjacent to an activating group) is 1. The van der Waals surface area contributed by atoms with Gasteiger partial charge in [0, 0.05) is 50.9 Å². The fraction of sp³-hybridized carbons (Fsp3) is 0.318. The lowest BCUT2D eigenvalue weighted by atomic mass is 10.2. The van der Waals surface area contributed by atoms with E-state index in [0.29, 0.717) is 0 Å². The summed E-state index contributed by atoms with van der Waals surface area (Å²) < 4.78 is 2.18. The van der Waals surface area contributed by atoms with E-state index in [9.17, 15) is 0 Å². The van der Waals surface area contributed by atoms with Crippen LogP contribution in [0.15, 0.2) is 41.7 Å². The van der Waals surface area contributed by atoms with E-state index in [1.807, 2.05) is 19.3 Å². The highest BCUT2D eigenvalue weighted by Gasteiger charge is 2.09. The van der Waals surface area contributed by atoms with Crippen LogP contribution < -0.4 is 10.6 Å². The summed E-state index contributed by atoms with van der Waals surface area (Å²) in [6, 6.07) is 4.28. The number of rotatable bonds is 5. The quantitative estimate of drug-likeness (QED) is 0.695. The smallest absolute Gasteiger partial charge is 0.177 e. The number of hydrogen-bond acceptors (Lipinski definition) is 4. The highest BCUT2D eigenvalue weighted by Crippen LogP contribution is 2.12. The number of pyridine rings is 1. The van der Waals surface area contributed by atoms with Gasteiger partial charge in [0.1, 0.15) is 11.6 Å². The minimum Gasteiger partial charge on any atom is -0.355 e. The van der Waals surface area contributed by atoms with Gasteiger partial charge in [0.05, 0.1) is 10.9 Å². The lowest BCUT2D eigenvalue weighted by Crippen LogP contribution is -2.34. The summed E-state index contributed by atoms with van der Waals surface area (Å²) >= 11 is 0. The lowest BCUT2D eigenvalue weighted by molar-refractivity contribution is 0.522. The van der Waals surface area contributed by atoms with E-state index in [4.69, 9.17) is 4.99 Å². The van der Waals surface area contributed by atoms with E-state index >= 15 is 0 Å². The molecule has 0 amide bonds. The van der Waals surface area contributed by atoms with Crippen molar-refractivity contribution >= 4 is 28.8 Å². The number of nitrogens with one attached hydrogen (secondary N) is 1. The fourth-order valence-corrected chi connectivity index (χ4v) is 3.69. The summed E-state index contributed by atoms with van der Waals surface area (Å²) in [5.41, 5.74) is 4.29. The Hall–Kier alpha value is -3.15. The average Bonchev–Trinajstić information content (AvgIpc) is 3.17. The molecule has 6 heteroatoms. The van der Waals surface area contributed by atoms with E-state index in [-0.39, 0.29) is 0 Å². The van der Waals surface area contributed by atoms with Crippen LogP contribution in [0.4, 0.5) is 0 Å². The number of H-pyrrole nitrogens is 1. The van der Waals surface area contributed by atoms with Crippen LogP contribution in [0.5, 0.6) is 0 Å². The van der Waals surface area contributed by atoms with Gasteiger partial charge < -0.3 is 14.5 Å². The number of fused-ring (bicyclic) bond motifs is 2. The molecule has 0 radical (unpaired) electrons. The molecular weight excluding hydrogens is 348 g/mol. The molecule has 3 aromatic rings. The zero-order valence-corrected chi connectivity index (χ0v) is 16.9. The van der Waals surface area contributed by atoms with Crippen LogP contribution in [-0.2, 0) is 13.5 Å². The maximum absolute atomic E-state index is 4.73. The molecule has 28 heavy (non-hydrogen) atoms. The predicted octanol–water partition coefficient (Wildman–Crippen LogP) is 2.05. The van der Waals surface area contributed by atoms with E-state index in [1.165, 1.54) is 21.7 Å².